The molecule has 0 spiro atoms. The van der Waals surface area contributed by atoms with Gasteiger partial charge in [0.2, 0.25) is 5.91 Å². The van der Waals surface area contributed by atoms with E-state index >= 15 is 0 Å². The number of likely N-dealkylation sites (N-methyl/N-ethyl adjacent to an activating group) is 1. The number of fused-ring (bicyclic) bond motifs is 1. The zero-order valence-corrected chi connectivity index (χ0v) is 39.8. The third-order valence-corrected chi connectivity index (χ3v) is 16.7. The van der Waals surface area contributed by atoms with E-state index in [0.717, 1.165) is 35.6 Å². The number of carbonyl (C=O) groups is 3. The number of benzene rings is 2. The summed E-state index contributed by atoms with van der Waals surface area (Å²) in [7, 11) is 0.590. The van der Waals surface area contributed by atoms with Crippen molar-refractivity contribution in [3.63, 3.8) is 0 Å². The Morgan fingerprint density at radius 3 is 2.13 bits per heavy atom. The van der Waals surface area contributed by atoms with E-state index in [9.17, 15) is 19.5 Å². The molecular formula is C49H80N2O8Si. The Kier molecular flexibility index (Phi) is 22.0. The van der Waals surface area contributed by atoms with Crippen molar-refractivity contribution in [1.82, 2.24) is 10.2 Å². The molecule has 1 aliphatic heterocycles. The Balaban J connectivity index is 1.69. The summed E-state index contributed by atoms with van der Waals surface area (Å²) < 4.78 is 25.1. The summed E-state index contributed by atoms with van der Waals surface area (Å²) in [6.45, 7) is 17.5. The van der Waals surface area contributed by atoms with Gasteiger partial charge in [-0.1, -0.05) is 154 Å². The SMILES string of the molecule is CCCCCCCCCCCCCC(=O)O[C@H]1CC[C@H](NC(=O)[C@H](OC)[C@H](O)[C@@H](OCc2ccc3ccccc3c2)[C@@H](/C=C/C(C)C)O[Si](C)(C)C(C)(C)C)C(=O)N(C)C1. The molecule has 60 heavy (non-hydrogen) atoms. The molecule has 0 bridgehead atoms. The van der Waals surface area contributed by atoms with Gasteiger partial charge in [0.1, 0.15) is 24.4 Å². The van der Waals surface area contributed by atoms with E-state index in [1.54, 1.807) is 7.05 Å². The van der Waals surface area contributed by atoms with Gasteiger partial charge in [-0.2, -0.15) is 0 Å². The molecule has 0 unspecified atom stereocenters. The lowest BCUT2D eigenvalue weighted by Crippen LogP contribution is -2.57. The normalized spacial score (nSPS) is 18.7. The molecule has 6 atom stereocenters. The number of aliphatic hydroxyl groups is 1. The number of hydrogen-bond acceptors (Lipinski definition) is 8. The number of likely N-dealkylation sites (tertiary alicyclic amines) is 1. The van der Waals surface area contributed by atoms with Crippen molar-refractivity contribution >= 4 is 36.9 Å². The van der Waals surface area contributed by atoms with Crippen LogP contribution in [0.15, 0.2) is 54.6 Å². The van der Waals surface area contributed by atoms with E-state index < -0.39 is 50.8 Å². The van der Waals surface area contributed by atoms with Crippen LogP contribution in [0.4, 0.5) is 0 Å². The fourth-order valence-electron chi connectivity index (χ4n) is 7.44. The van der Waals surface area contributed by atoms with E-state index in [1.165, 1.54) is 63.4 Å². The van der Waals surface area contributed by atoms with Crippen LogP contribution in [0, 0.1) is 5.92 Å². The summed E-state index contributed by atoms with van der Waals surface area (Å²) in [5, 5.41) is 17.1. The van der Waals surface area contributed by atoms with Gasteiger partial charge >= 0.3 is 5.97 Å². The Hall–Kier alpha value is -3.09. The van der Waals surface area contributed by atoms with Crippen LogP contribution in [0.3, 0.4) is 0 Å². The first-order valence-electron chi connectivity index (χ1n) is 22.9. The molecule has 11 heteroatoms. The van der Waals surface area contributed by atoms with Gasteiger partial charge < -0.3 is 34.0 Å². The fraction of sp³-hybridized carbons (Fsp3) is 0.694. The second kappa shape index (κ2) is 25.7. The molecule has 338 valence electrons. The Morgan fingerprint density at radius 1 is 0.917 bits per heavy atom. The van der Waals surface area contributed by atoms with Crippen LogP contribution in [0.25, 0.3) is 10.8 Å². The van der Waals surface area contributed by atoms with Crippen LogP contribution < -0.4 is 5.32 Å². The van der Waals surface area contributed by atoms with E-state index in [1.807, 2.05) is 42.5 Å². The molecule has 1 fully saturated rings. The molecule has 1 saturated heterocycles. The number of nitrogens with one attached hydrogen (secondary N) is 1. The highest BCUT2D eigenvalue weighted by Gasteiger charge is 2.45. The van der Waals surface area contributed by atoms with Crippen LogP contribution in [0.1, 0.15) is 137 Å². The molecule has 2 amide bonds. The molecule has 0 saturated carbocycles. The number of carbonyl (C=O) groups excluding carboxylic acids is 3. The van der Waals surface area contributed by atoms with Gasteiger partial charge in [0.05, 0.1) is 19.3 Å². The first-order chi connectivity index (χ1) is 28.5. The van der Waals surface area contributed by atoms with Crippen molar-refractivity contribution in [2.24, 2.45) is 5.92 Å². The Morgan fingerprint density at radius 2 is 1.53 bits per heavy atom. The lowest BCUT2D eigenvalue weighted by molar-refractivity contribution is -0.158. The minimum absolute atomic E-state index is 0.145. The highest BCUT2D eigenvalue weighted by atomic mass is 28.4. The van der Waals surface area contributed by atoms with Crippen molar-refractivity contribution < 1.29 is 38.1 Å². The van der Waals surface area contributed by atoms with Crippen LogP contribution >= 0.6 is 0 Å². The van der Waals surface area contributed by atoms with Crippen molar-refractivity contribution in [1.29, 1.82) is 0 Å². The molecule has 10 nitrogen and oxygen atoms in total. The number of aliphatic hydroxyl groups excluding tert-OH is 1. The van der Waals surface area contributed by atoms with Gasteiger partial charge in [-0.25, -0.2) is 0 Å². The van der Waals surface area contributed by atoms with E-state index in [2.05, 4.69) is 72.1 Å². The zero-order chi connectivity index (χ0) is 44.3. The summed E-state index contributed by atoms with van der Waals surface area (Å²) >= 11 is 0. The number of amides is 2. The summed E-state index contributed by atoms with van der Waals surface area (Å²) in [6, 6.07) is 13.3. The summed E-state index contributed by atoms with van der Waals surface area (Å²) in [6.07, 6.45) is 13.2. The largest absolute Gasteiger partial charge is 0.460 e. The maximum Gasteiger partial charge on any atom is 0.306 e. The molecule has 2 aromatic rings. The van der Waals surface area contributed by atoms with Gasteiger partial charge in [0.25, 0.3) is 5.91 Å². The second-order valence-corrected chi connectivity index (χ2v) is 23.6. The average molecular weight is 853 g/mol. The first kappa shape index (κ1) is 51.3. The first-order valence-corrected chi connectivity index (χ1v) is 25.8. The molecular weight excluding hydrogens is 773 g/mol. The predicted octanol–water partition coefficient (Wildman–Crippen LogP) is 10.1. The maximum atomic E-state index is 14.1. The van der Waals surface area contributed by atoms with Crippen molar-refractivity contribution in [2.75, 3.05) is 20.7 Å². The molecule has 0 radical (unpaired) electrons. The molecule has 0 aromatic heterocycles. The number of rotatable bonds is 26. The van der Waals surface area contributed by atoms with Crippen LogP contribution in [-0.2, 0) is 39.6 Å². The van der Waals surface area contributed by atoms with Gasteiger partial charge in [0, 0.05) is 20.6 Å². The van der Waals surface area contributed by atoms with Crippen LogP contribution in [-0.4, -0.2) is 93.4 Å². The highest BCUT2D eigenvalue weighted by Crippen LogP contribution is 2.38. The molecule has 2 aromatic carbocycles. The number of allylic oxidation sites excluding steroid dienone is 1. The predicted molar refractivity (Wildman–Crippen MR) is 245 cm³/mol. The number of ether oxygens (including phenoxy) is 3. The summed E-state index contributed by atoms with van der Waals surface area (Å²) in [5.41, 5.74) is 0.907. The van der Waals surface area contributed by atoms with Crippen molar-refractivity contribution in [3.05, 3.63) is 60.2 Å². The molecule has 2 N–H and O–H groups in total. The second-order valence-electron chi connectivity index (χ2n) is 18.8. The number of esters is 1. The smallest absolute Gasteiger partial charge is 0.306 e. The lowest BCUT2D eigenvalue weighted by Gasteiger charge is -2.42. The molecule has 3 rings (SSSR count). The third-order valence-electron chi connectivity index (χ3n) is 12.2. The zero-order valence-electron chi connectivity index (χ0n) is 38.8. The quantitative estimate of drug-likeness (QED) is 0.0415. The average Bonchev–Trinajstić information content (AvgIpc) is 3.31. The van der Waals surface area contributed by atoms with Crippen molar-refractivity contribution in [2.45, 2.75) is 193 Å². The maximum absolute atomic E-state index is 14.1. The van der Waals surface area contributed by atoms with Crippen molar-refractivity contribution in [3.8, 4) is 0 Å². The number of methoxy groups -OCH3 is 1. The van der Waals surface area contributed by atoms with Crippen LogP contribution in [0.5, 0.6) is 0 Å². The number of unbranched alkanes of at least 4 members (excludes halogenated alkanes) is 10. The third kappa shape index (κ3) is 17.0. The minimum atomic E-state index is -2.43. The topological polar surface area (TPSA) is 124 Å². The molecule has 0 aliphatic carbocycles. The van der Waals surface area contributed by atoms with Crippen LogP contribution in [0.2, 0.25) is 18.1 Å². The summed E-state index contributed by atoms with van der Waals surface area (Å²) in [5.74, 6) is -0.986. The Bertz CT molecular complexity index is 1620. The minimum Gasteiger partial charge on any atom is -0.460 e. The van der Waals surface area contributed by atoms with E-state index in [0.29, 0.717) is 12.8 Å². The van der Waals surface area contributed by atoms with E-state index in [-0.39, 0.29) is 42.4 Å². The Labute approximate surface area is 363 Å². The fourth-order valence-corrected chi connectivity index (χ4v) is 8.68. The lowest BCUT2D eigenvalue weighted by atomic mass is 9.99. The standard InChI is InChI=1S/C49H80N2O8Si/c1-11-12-13-14-15-16-17-18-19-20-21-26-43(52)58-40-30-31-41(48(55)51(7)34-40)50-47(54)46(56-8)44(53)45(42(32-27-36(2)3)59-60(9,10)49(4,5)6)57-35-37-28-29-38-24-22-23-25-39(38)33-37/h22-25,27-29,32-33,36,40-42,44-46,53H,11-21,26,30-31,34-35H2,1-10H3,(H,50,54)/b32-27+/t40-,41-,42+,44+,45-,46+/m0/s1. The highest BCUT2D eigenvalue weighted by molar-refractivity contribution is 6.74. The summed E-state index contributed by atoms with van der Waals surface area (Å²) in [4.78, 5) is 42.0. The molecule has 1 aliphatic rings. The van der Waals surface area contributed by atoms with Gasteiger partial charge in [0.15, 0.2) is 14.4 Å². The number of nitrogens with zero attached hydrogens (tertiary/aromatic N) is 1. The monoisotopic (exact) mass is 853 g/mol. The van der Waals surface area contributed by atoms with Gasteiger partial charge in [-0.3, -0.25) is 14.4 Å². The molecule has 1 heterocycles. The van der Waals surface area contributed by atoms with E-state index in [4.69, 9.17) is 18.6 Å². The van der Waals surface area contributed by atoms with Gasteiger partial charge in [-0.15, -0.1) is 0 Å². The van der Waals surface area contributed by atoms with Gasteiger partial charge in [-0.05, 0) is 65.7 Å². The number of hydrogen-bond donors (Lipinski definition) is 2.